The van der Waals surface area contributed by atoms with E-state index in [0.29, 0.717) is 5.56 Å². The first-order valence-electron chi connectivity index (χ1n) is 5.90. The molecule has 0 saturated heterocycles. The molecule has 1 aromatic carbocycles. The van der Waals surface area contributed by atoms with E-state index in [1.165, 1.54) is 13.2 Å². The van der Waals surface area contributed by atoms with Gasteiger partial charge in [0.1, 0.15) is 0 Å². The van der Waals surface area contributed by atoms with Crippen LogP contribution in [0.4, 0.5) is 8.78 Å². The molecule has 0 bridgehead atoms. The van der Waals surface area contributed by atoms with Gasteiger partial charge in [0.05, 0.1) is 6.54 Å². The Morgan fingerprint density at radius 1 is 1.35 bits per heavy atom. The second kappa shape index (κ2) is 7.54. The molecule has 0 heterocycles. The highest BCUT2D eigenvalue weighted by Gasteiger charge is 2.17. The van der Waals surface area contributed by atoms with Gasteiger partial charge < -0.3 is 15.2 Å². The Bertz CT molecular complexity index is 493. The van der Waals surface area contributed by atoms with Crippen LogP contribution in [0.1, 0.15) is 12.0 Å². The molecule has 0 aromatic heterocycles. The quantitative estimate of drug-likeness (QED) is 0.788. The van der Waals surface area contributed by atoms with Crippen LogP contribution >= 0.6 is 0 Å². The molecule has 0 saturated carbocycles. The number of methoxy groups -OCH3 is 1. The minimum atomic E-state index is -1.17. The van der Waals surface area contributed by atoms with E-state index in [-0.39, 0.29) is 19.4 Å². The molecule has 1 aromatic rings. The molecule has 1 atom stereocenters. The van der Waals surface area contributed by atoms with Gasteiger partial charge in [0.25, 0.3) is 0 Å². The summed E-state index contributed by atoms with van der Waals surface area (Å²) in [5.41, 5.74) is 0.487. The first kappa shape index (κ1) is 16.0. The summed E-state index contributed by atoms with van der Waals surface area (Å²) in [7, 11) is 1.23. The zero-order valence-corrected chi connectivity index (χ0v) is 10.9. The molecule has 0 spiro atoms. The summed E-state index contributed by atoms with van der Waals surface area (Å²) in [5.74, 6) is -3.47. The molecule has 0 aliphatic heterocycles. The van der Waals surface area contributed by atoms with Crippen molar-refractivity contribution in [3.63, 3.8) is 0 Å². The molecule has 110 valence electrons. The van der Waals surface area contributed by atoms with E-state index in [0.717, 1.165) is 12.1 Å². The lowest BCUT2D eigenvalue weighted by Gasteiger charge is -2.11. The fraction of sp³-hybridized carbons (Fsp3) is 0.385. The Labute approximate surface area is 114 Å². The van der Waals surface area contributed by atoms with Gasteiger partial charge >= 0.3 is 5.97 Å². The number of hydrogen-bond acceptors (Lipinski definition) is 3. The maximum atomic E-state index is 12.9. The number of carbonyl (C=O) groups excluding carboxylic acids is 1. The topological polar surface area (TPSA) is 75.6 Å². The summed E-state index contributed by atoms with van der Waals surface area (Å²) >= 11 is 0. The molecule has 0 aliphatic carbocycles. The van der Waals surface area contributed by atoms with Gasteiger partial charge in [-0.15, -0.1) is 0 Å². The maximum Gasteiger partial charge on any atom is 0.334 e. The van der Waals surface area contributed by atoms with Crippen molar-refractivity contribution < 1.29 is 28.2 Å². The smallest absolute Gasteiger partial charge is 0.334 e. The summed E-state index contributed by atoms with van der Waals surface area (Å²) in [6.45, 7) is -0.150. The number of carboxylic acids is 1. The number of ether oxygens (including phenoxy) is 1. The lowest BCUT2D eigenvalue weighted by Crippen LogP contribution is -2.37. The predicted octanol–water partition coefficient (Wildman–Crippen LogP) is 1.11. The van der Waals surface area contributed by atoms with Gasteiger partial charge in [-0.05, 0) is 24.1 Å². The molecule has 1 unspecified atom stereocenters. The van der Waals surface area contributed by atoms with E-state index >= 15 is 0 Å². The largest absolute Gasteiger partial charge is 0.479 e. The van der Waals surface area contributed by atoms with Crippen LogP contribution in [0.25, 0.3) is 0 Å². The van der Waals surface area contributed by atoms with E-state index in [4.69, 9.17) is 5.11 Å². The lowest BCUT2D eigenvalue weighted by atomic mass is 10.1. The number of hydrogen-bond donors (Lipinski definition) is 2. The Balaban J connectivity index is 2.39. The van der Waals surface area contributed by atoms with Gasteiger partial charge in [-0.1, -0.05) is 6.07 Å². The molecule has 7 heteroatoms. The number of carboxylic acid groups (broad SMARTS) is 1. The number of aryl methyl sites for hydroxylation is 1. The molecule has 2 N–H and O–H groups in total. The average Bonchev–Trinajstić information content (AvgIpc) is 2.40. The van der Waals surface area contributed by atoms with Crippen molar-refractivity contribution in [2.75, 3.05) is 13.7 Å². The molecule has 0 aliphatic rings. The van der Waals surface area contributed by atoms with Crippen molar-refractivity contribution in [3.05, 3.63) is 35.4 Å². The zero-order chi connectivity index (χ0) is 15.1. The highest BCUT2D eigenvalue weighted by molar-refractivity contribution is 5.78. The highest BCUT2D eigenvalue weighted by Crippen LogP contribution is 2.10. The van der Waals surface area contributed by atoms with Gasteiger partial charge in [0.2, 0.25) is 5.91 Å². The van der Waals surface area contributed by atoms with E-state index in [2.05, 4.69) is 10.1 Å². The van der Waals surface area contributed by atoms with Gasteiger partial charge in [-0.3, -0.25) is 4.79 Å². The Hall–Kier alpha value is -2.02. The molecule has 0 radical (unpaired) electrons. The van der Waals surface area contributed by atoms with Gasteiger partial charge in [-0.2, -0.15) is 0 Å². The van der Waals surface area contributed by atoms with Gasteiger partial charge in [0.15, 0.2) is 17.7 Å². The SMILES string of the molecule is COC(CNC(=O)CCc1ccc(F)c(F)c1)C(=O)O. The molecule has 1 amide bonds. The summed E-state index contributed by atoms with van der Waals surface area (Å²) in [5, 5.41) is 11.1. The number of benzene rings is 1. The van der Waals surface area contributed by atoms with Crippen LogP contribution in [0.15, 0.2) is 18.2 Å². The van der Waals surface area contributed by atoms with Crippen LogP contribution in [0.2, 0.25) is 0 Å². The van der Waals surface area contributed by atoms with Crippen LogP contribution in [0.5, 0.6) is 0 Å². The van der Waals surface area contributed by atoms with E-state index in [1.807, 2.05) is 0 Å². The second-order valence-electron chi connectivity index (χ2n) is 4.12. The maximum absolute atomic E-state index is 12.9. The monoisotopic (exact) mass is 287 g/mol. The van der Waals surface area contributed by atoms with Crippen LogP contribution in [-0.2, 0) is 20.7 Å². The first-order chi connectivity index (χ1) is 9.43. The Morgan fingerprint density at radius 2 is 2.05 bits per heavy atom. The standard InChI is InChI=1S/C13H15F2NO4/c1-20-11(13(18)19)7-16-12(17)5-3-8-2-4-9(14)10(15)6-8/h2,4,6,11H,3,5,7H2,1H3,(H,16,17)(H,18,19). The number of nitrogens with one attached hydrogen (secondary N) is 1. The average molecular weight is 287 g/mol. The fourth-order valence-electron chi connectivity index (χ4n) is 1.52. The molecule has 20 heavy (non-hydrogen) atoms. The normalized spacial score (nSPS) is 11.9. The number of aliphatic carboxylic acids is 1. The second-order valence-corrected chi connectivity index (χ2v) is 4.12. The fourth-order valence-corrected chi connectivity index (χ4v) is 1.52. The van der Waals surface area contributed by atoms with Gasteiger partial charge in [-0.25, -0.2) is 13.6 Å². The van der Waals surface area contributed by atoms with Crippen molar-refractivity contribution >= 4 is 11.9 Å². The Kier molecular flexibility index (Phi) is 6.05. The molecule has 0 fully saturated rings. The highest BCUT2D eigenvalue weighted by atomic mass is 19.2. The van der Waals surface area contributed by atoms with E-state index < -0.39 is 29.6 Å². The molecule has 1 rings (SSSR count). The number of carbonyl (C=O) groups is 2. The molecular weight excluding hydrogens is 272 g/mol. The van der Waals surface area contributed by atoms with Crippen LogP contribution < -0.4 is 5.32 Å². The van der Waals surface area contributed by atoms with Crippen LogP contribution in [0, 0.1) is 11.6 Å². The van der Waals surface area contributed by atoms with Gasteiger partial charge in [0, 0.05) is 13.5 Å². The minimum absolute atomic E-state index is 0.0428. The van der Waals surface area contributed by atoms with Crippen molar-refractivity contribution in [1.29, 1.82) is 0 Å². The van der Waals surface area contributed by atoms with Crippen molar-refractivity contribution in [3.8, 4) is 0 Å². The summed E-state index contributed by atoms with van der Waals surface area (Å²) in [6.07, 6.45) is -0.836. The van der Waals surface area contributed by atoms with Crippen molar-refractivity contribution in [1.82, 2.24) is 5.32 Å². The van der Waals surface area contributed by atoms with Crippen LogP contribution in [-0.4, -0.2) is 36.7 Å². The summed E-state index contributed by atoms with van der Waals surface area (Å²) in [6, 6.07) is 3.41. The Morgan fingerprint density at radius 3 is 2.60 bits per heavy atom. The zero-order valence-electron chi connectivity index (χ0n) is 10.9. The number of amides is 1. The third-order valence-corrected chi connectivity index (χ3v) is 2.67. The van der Waals surface area contributed by atoms with Crippen molar-refractivity contribution in [2.45, 2.75) is 18.9 Å². The van der Waals surface area contributed by atoms with E-state index in [1.54, 1.807) is 0 Å². The van der Waals surface area contributed by atoms with Crippen molar-refractivity contribution in [2.24, 2.45) is 0 Å². The molecule has 5 nitrogen and oxygen atoms in total. The third kappa shape index (κ3) is 4.93. The summed E-state index contributed by atoms with van der Waals surface area (Å²) < 4.78 is 30.3. The number of rotatable bonds is 7. The molecular formula is C13H15F2NO4. The minimum Gasteiger partial charge on any atom is -0.479 e. The van der Waals surface area contributed by atoms with E-state index in [9.17, 15) is 18.4 Å². The lowest BCUT2D eigenvalue weighted by molar-refractivity contribution is -0.148. The van der Waals surface area contributed by atoms with Crippen LogP contribution in [0.3, 0.4) is 0 Å². The number of halogens is 2. The third-order valence-electron chi connectivity index (χ3n) is 2.67. The summed E-state index contributed by atoms with van der Waals surface area (Å²) in [4.78, 5) is 22.1. The predicted molar refractivity (Wildman–Crippen MR) is 66.1 cm³/mol. The first-order valence-corrected chi connectivity index (χ1v) is 5.90.